The zero-order chi connectivity index (χ0) is 9.14. The molecule has 64 valence electrons. The van der Waals surface area contributed by atoms with Crippen LogP contribution < -0.4 is 5.73 Å². The molecule has 0 unspecified atom stereocenters. The lowest BCUT2D eigenvalue weighted by atomic mass is 10.6. The van der Waals surface area contributed by atoms with E-state index in [1.807, 2.05) is 0 Å². The van der Waals surface area contributed by atoms with E-state index in [0.29, 0.717) is 4.90 Å². The van der Waals surface area contributed by atoms with Crippen molar-refractivity contribution in [3.63, 3.8) is 0 Å². The van der Waals surface area contributed by atoms with E-state index in [2.05, 4.69) is 9.97 Å². The number of anilines is 1. The second kappa shape index (κ2) is 3.73. The summed E-state index contributed by atoms with van der Waals surface area (Å²) in [6.45, 7) is 1.44. The number of rotatable bonds is 1. The van der Waals surface area contributed by atoms with Crippen molar-refractivity contribution in [2.75, 3.05) is 5.73 Å². The highest BCUT2D eigenvalue weighted by molar-refractivity contribution is 8.13. The van der Waals surface area contributed by atoms with Crippen LogP contribution >= 0.6 is 23.4 Å². The normalized spacial score (nSPS) is 9.83. The molecule has 0 fully saturated rings. The predicted octanol–water partition coefficient (Wildman–Crippen LogP) is 1.35. The molecule has 2 N–H and O–H groups in total. The van der Waals surface area contributed by atoms with Crippen molar-refractivity contribution in [1.82, 2.24) is 9.97 Å². The molecule has 0 spiro atoms. The van der Waals surface area contributed by atoms with Gasteiger partial charge < -0.3 is 5.73 Å². The van der Waals surface area contributed by atoms with E-state index in [1.54, 1.807) is 0 Å². The summed E-state index contributed by atoms with van der Waals surface area (Å²) in [6.07, 6.45) is 1.43. The van der Waals surface area contributed by atoms with Crippen LogP contribution in [0.25, 0.3) is 0 Å². The van der Waals surface area contributed by atoms with Crippen LogP contribution in [0.15, 0.2) is 11.1 Å². The van der Waals surface area contributed by atoms with Gasteiger partial charge in [-0.15, -0.1) is 0 Å². The number of carbonyl (C=O) groups is 1. The van der Waals surface area contributed by atoms with E-state index < -0.39 is 0 Å². The molecule has 1 heterocycles. The van der Waals surface area contributed by atoms with Gasteiger partial charge in [0.05, 0.1) is 4.90 Å². The third-order valence-electron chi connectivity index (χ3n) is 1.01. The number of hydrogen-bond donors (Lipinski definition) is 1. The lowest BCUT2D eigenvalue weighted by Gasteiger charge is -1.99. The Morgan fingerprint density at radius 2 is 2.42 bits per heavy atom. The largest absolute Gasteiger partial charge is 0.383 e. The summed E-state index contributed by atoms with van der Waals surface area (Å²) >= 11 is 6.44. The summed E-state index contributed by atoms with van der Waals surface area (Å²) < 4.78 is 0. The predicted molar refractivity (Wildman–Crippen MR) is 48.0 cm³/mol. The van der Waals surface area contributed by atoms with Crippen molar-refractivity contribution in [2.24, 2.45) is 0 Å². The molecule has 4 nitrogen and oxygen atoms in total. The highest BCUT2D eigenvalue weighted by Gasteiger charge is 2.05. The van der Waals surface area contributed by atoms with Gasteiger partial charge in [-0.3, -0.25) is 4.79 Å². The highest BCUT2D eigenvalue weighted by Crippen LogP contribution is 2.23. The zero-order valence-corrected chi connectivity index (χ0v) is 7.82. The van der Waals surface area contributed by atoms with Crippen LogP contribution in [0.1, 0.15) is 6.92 Å². The molecule has 0 aromatic carbocycles. The molecule has 1 rings (SSSR count). The van der Waals surface area contributed by atoms with Crippen LogP contribution in [-0.2, 0) is 4.79 Å². The van der Waals surface area contributed by atoms with Gasteiger partial charge in [-0.1, -0.05) is 0 Å². The molecular formula is C6H6ClN3OS. The molecule has 0 aliphatic heterocycles. The third kappa shape index (κ3) is 2.35. The van der Waals surface area contributed by atoms with Crippen molar-refractivity contribution < 1.29 is 4.79 Å². The standard InChI is InChI=1S/C6H6ClN3OS/c1-3(11)12-4-2-9-6(7)10-5(4)8/h2H,1H3,(H2,8,9,10). The minimum Gasteiger partial charge on any atom is -0.383 e. The number of nitrogen functional groups attached to an aromatic ring is 1. The van der Waals surface area contributed by atoms with E-state index in [9.17, 15) is 4.79 Å². The number of nitrogens with two attached hydrogens (primary N) is 1. The van der Waals surface area contributed by atoms with Gasteiger partial charge in [-0.2, -0.15) is 4.98 Å². The van der Waals surface area contributed by atoms with Gasteiger partial charge in [0.15, 0.2) is 5.12 Å². The summed E-state index contributed by atoms with van der Waals surface area (Å²) in [5.41, 5.74) is 5.46. The molecule has 0 atom stereocenters. The minimum absolute atomic E-state index is 0.0624. The number of nitrogens with zero attached hydrogens (tertiary/aromatic N) is 2. The molecule has 0 saturated heterocycles. The first-order valence-corrected chi connectivity index (χ1v) is 4.25. The van der Waals surface area contributed by atoms with E-state index >= 15 is 0 Å². The second-order valence-corrected chi connectivity index (χ2v) is 3.54. The fraction of sp³-hybridized carbons (Fsp3) is 0.167. The van der Waals surface area contributed by atoms with Crippen LogP contribution in [-0.4, -0.2) is 15.1 Å². The lowest BCUT2D eigenvalue weighted by molar-refractivity contribution is -0.109. The summed E-state index contributed by atoms with van der Waals surface area (Å²) in [5.74, 6) is 0.232. The topological polar surface area (TPSA) is 68.9 Å². The lowest BCUT2D eigenvalue weighted by Crippen LogP contribution is -1.96. The fourth-order valence-corrected chi connectivity index (χ4v) is 1.30. The summed E-state index contributed by atoms with van der Waals surface area (Å²) in [4.78, 5) is 18.6. The number of halogens is 1. The molecule has 0 radical (unpaired) electrons. The fourth-order valence-electron chi connectivity index (χ4n) is 0.595. The average Bonchev–Trinajstić information content (AvgIpc) is 1.94. The van der Waals surface area contributed by atoms with Crippen LogP contribution in [0.3, 0.4) is 0 Å². The van der Waals surface area contributed by atoms with E-state index in [4.69, 9.17) is 17.3 Å². The van der Waals surface area contributed by atoms with Crippen molar-refractivity contribution in [3.05, 3.63) is 11.5 Å². The van der Waals surface area contributed by atoms with Crippen molar-refractivity contribution in [1.29, 1.82) is 0 Å². The smallest absolute Gasteiger partial charge is 0.224 e. The first-order valence-electron chi connectivity index (χ1n) is 3.06. The Morgan fingerprint density at radius 1 is 1.75 bits per heavy atom. The van der Waals surface area contributed by atoms with Gasteiger partial charge in [-0.25, -0.2) is 4.98 Å². The second-order valence-electron chi connectivity index (χ2n) is 1.98. The summed E-state index contributed by atoms with van der Waals surface area (Å²) in [6, 6.07) is 0. The summed E-state index contributed by atoms with van der Waals surface area (Å²) in [7, 11) is 0. The molecule has 12 heavy (non-hydrogen) atoms. The number of carbonyl (C=O) groups excluding carboxylic acids is 1. The van der Waals surface area contributed by atoms with Crippen LogP contribution in [0, 0.1) is 0 Å². The van der Waals surface area contributed by atoms with Gasteiger partial charge in [0, 0.05) is 13.1 Å². The molecule has 0 amide bonds. The average molecular weight is 204 g/mol. The van der Waals surface area contributed by atoms with Gasteiger partial charge in [0.2, 0.25) is 5.28 Å². The third-order valence-corrected chi connectivity index (χ3v) is 2.01. The number of hydrogen-bond acceptors (Lipinski definition) is 5. The van der Waals surface area contributed by atoms with Crippen molar-refractivity contribution >= 4 is 34.3 Å². The van der Waals surface area contributed by atoms with Gasteiger partial charge in [0.1, 0.15) is 5.82 Å². The van der Waals surface area contributed by atoms with E-state index in [1.165, 1.54) is 13.1 Å². The Labute approximate surface area is 78.5 Å². The summed E-state index contributed by atoms with van der Waals surface area (Å²) in [5, 5.41) is 0.0213. The molecule has 0 aliphatic carbocycles. The van der Waals surface area contributed by atoms with Gasteiger partial charge in [0.25, 0.3) is 0 Å². The van der Waals surface area contributed by atoms with Crippen molar-refractivity contribution in [3.8, 4) is 0 Å². The molecule has 0 aliphatic rings. The first-order chi connectivity index (χ1) is 5.59. The maximum atomic E-state index is 10.7. The van der Waals surface area contributed by atoms with Crippen LogP contribution in [0.5, 0.6) is 0 Å². The molecule has 6 heteroatoms. The Bertz CT molecular complexity index is 318. The van der Waals surface area contributed by atoms with Gasteiger partial charge in [-0.05, 0) is 23.4 Å². The molecule has 0 saturated carbocycles. The molecular weight excluding hydrogens is 198 g/mol. The minimum atomic E-state index is -0.0624. The van der Waals surface area contributed by atoms with Crippen LogP contribution in [0.2, 0.25) is 5.28 Å². The quantitative estimate of drug-likeness (QED) is 0.551. The maximum absolute atomic E-state index is 10.7. The Hall–Kier alpha value is -0.810. The maximum Gasteiger partial charge on any atom is 0.224 e. The SMILES string of the molecule is CC(=O)Sc1cnc(Cl)nc1N. The van der Waals surface area contributed by atoms with E-state index in [-0.39, 0.29) is 16.2 Å². The Balaban J connectivity index is 2.93. The zero-order valence-electron chi connectivity index (χ0n) is 6.24. The molecule has 0 bridgehead atoms. The highest BCUT2D eigenvalue weighted by atomic mass is 35.5. The van der Waals surface area contributed by atoms with Gasteiger partial charge >= 0.3 is 0 Å². The van der Waals surface area contributed by atoms with E-state index in [0.717, 1.165) is 11.8 Å². The van der Waals surface area contributed by atoms with Crippen LogP contribution in [0.4, 0.5) is 5.82 Å². The Kier molecular flexibility index (Phi) is 2.88. The number of thioether (sulfide) groups is 1. The first kappa shape index (κ1) is 9.28. The molecule has 1 aromatic rings. The monoisotopic (exact) mass is 203 g/mol. The Morgan fingerprint density at radius 3 is 2.92 bits per heavy atom. The number of aromatic nitrogens is 2. The molecule has 1 aromatic heterocycles. The van der Waals surface area contributed by atoms with Crippen molar-refractivity contribution in [2.45, 2.75) is 11.8 Å².